The van der Waals surface area contributed by atoms with Gasteiger partial charge in [-0.2, -0.15) is 0 Å². The van der Waals surface area contributed by atoms with E-state index in [1.54, 1.807) is 7.05 Å². The predicted molar refractivity (Wildman–Crippen MR) is 71.7 cm³/mol. The molecule has 17 heavy (non-hydrogen) atoms. The van der Waals surface area contributed by atoms with Crippen molar-refractivity contribution in [3.8, 4) is 0 Å². The third kappa shape index (κ3) is 3.79. The van der Waals surface area contributed by atoms with Crippen LogP contribution in [-0.4, -0.2) is 25.5 Å². The molecule has 0 amide bonds. The number of guanidine groups is 2. The van der Waals surface area contributed by atoms with Crippen LogP contribution in [0.25, 0.3) is 0 Å². The fourth-order valence-electron chi connectivity index (χ4n) is 1.45. The van der Waals surface area contributed by atoms with E-state index in [2.05, 4.69) is 17.6 Å². The molecule has 0 bridgehead atoms. The van der Waals surface area contributed by atoms with Crippen LogP contribution in [0.4, 0.5) is 5.69 Å². The molecule has 0 heterocycles. The number of anilines is 1. The van der Waals surface area contributed by atoms with Crippen molar-refractivity contribution in [2.45, 2.75) is 13.3 Å². The Morgan fingerprint density at radius 1 is 1.24 bits per heavy atom. The molecule has 0 aliphatic carbocycles. The van der Waals surface area contributed by atoms with E-state index < -0.39 is 0 Å². The molecule has 1 rings (SSSR count). The summed E-state index contributed by atoms with van der Waals surface area (Å²) >= 11 is 0. The minimum Gasteiger partial charge on any atom is -0.359 e. The van der Waals surface area contributed by atoms with Gasteiger partial charge < -0.3 is 10.2 Å². The van der Waals surface area contributed by atoms with E-state index in [0.717, 1.165) is 18.7 Å². The van der Waals surface area contributed by atoms with Crippen molar-refractivity contribution < 1.29 is 0 Å². The average molecular weight is 233 g/mol. The van der Waals surface area contributed by atoms with Gasteiger partial charge in [-0.15, -0.1) is 0 Å². The molecule has 0 unspecified atom stereocenters. The first-order valence-corrected chi connectivity index (χ1v) is 5.63. The number of para-hydroxylation sites is 1. The van der Waals surface area contributed by atoms with E-state index >= 15 is 0 Å². The summed E-state index contributed by atoms with van der Waals surface area (Å²) in [6.07, 6.45) is 0.936. The maximum Gasteiger partial charge on any atom is 0.202 e. The normalized spacial score (nSPS) is 9.53. The summed E-state index contributed by atoms with van der Waals surface area (Å²) < 4.78 is 0. The Kier molecular flexibility index (Phi) is 5.00. The second kappa shape index (κ2) is 6.52. The van der Waals surface area contributed by atoms with Gasteiger partial charge in [-0.3, -0.25) is 16.1 Å². The highest BCUT2D eigenvalue weighted by Crippen LogP contribution is 2.13. The third-order valence-corrected chi connectivity index (χ3v) is 2.28. The van der Waals surface area contributed by atoms with E-state index in [9.17, 15) is 0 Å². The van der Waals surface area contributed by atoms with E-state index in [0.29, 0.717) is 0 Å². The quantitative estimate of drug-likeness (QED) is 0.473. The number of nitrogens with one attached hydrogen (secondary N) is 4. The van der Waals surface area contributed by atoms with Gasteiger partial charge in [-0.25, -0.2) is 0 Å². The highest BCUT2D eigenvalue weighted by atomic mass is 15.3. The summed E-state index contributed by atoms with van der Waals surface area (Å²) in [5, 5.41) is 20.8. The van der Waals surface area contributed by atoms with Crippen LogP contribution in [-0.2, 0) is 0 Å². The molecule has 0 saturated carbocycles. The average Bonchev–Trinajstić information content (AvgIpc) is 2.36. The molecule has 0 saturated heterocycles. The Morgan fingerprint density at radius 2 is 1.88 bits per heavy atom. The van der Waals surface area contributed by atoms with Crippen LogP contribution in [0.15, 0.2) is 30.3 Å². The molecule has 0 aromatic heterocycles. The Labute approximate surface area is 102 Å². The molecule has 5 heteroatoms. The highest BCUT2D eigenvalue weighted by Gasteiger charge is 2.11. The number of hydrogen-bond donors (Lipinski definition) is 4. The first-order valence-electron chi connectivity index (χ1n) is 5.63. The van der Waals surface area contributed by atoms with Crippen molar-refractivity contribution in [3.05, 3.63) is 30.3 Å². The maximum absolute atomic E-state index is 7.95. The summed E-state index contributed by atoms with van der Waals surface area (Å²) in [5.74, 6) is 0.324. The van der Waals surface area contributed by atoms with E-state index in [1.807, 2.05) is 35.2 Å². The summed E-state index contributed by atoms with van der Waals surface area (Å²) in [6.45, 7) is 2.81. The van der Waals surface area contributed by atoms with Crippen LogP contribution in [0.2, 0.25) is 0 Å². The fraction of sp³-hybridized carbons (Fsp3) is 0.333. The van der Waals surface area contributed by atoms with Crippen molar-refractivity contribution >= 4 is 17.6 Å². The molecule has 92 valence electrons. The monoisotopic (exact) mass is 233 g/mol. The van der Waals surface area contributed by atoms with Crippen LogP contribution in [0, 0.1) is 10.8 Å². The summed E-state index contributed by atoms with van der Waals surface area (Å²) in [7, 11) is 1.65. The van der Waals surface area contributed by atoms with Gasteiger partial charge in [0.05, 0.1) is 0 Å². The van der Waals surface area contributed by atoms with Gasteiger partial charge in [0.15, 0.2) is 5.96 Å². The van der Waals surface area contributed by atoms with Gasteiger partial charge in [0.1, 0.15) is 0 Å². The molecule has 5 nitrogen and oxygen atoms in total. The summed E-state index contributed by atoms with van der Waals surface area (Å²) in [5.41, 5.74) is 0.954. The second-order valence-electron chi connectivity index (χ2n) is 3.59. The Hall–Kier alpha value is -2.04. The zero-order valence-electron chi connectivity index (χ0n) is 10.2. The van der Waals surface area contributed by atoms with E-state index in [4.69, 9.17) is 10.8 Å². The van der Waals surface area contributed by atoms with Crippen molar-refractivity contribution in [1.82, 2.24) is 10.6 Å². The molecule has 1 aromatic rings. The van der Waals surface area contributed by atoms with Crippen LogP contribution in [0.1, 0.15) is 13.3 Å². The number of benzene rings is 1. The van der Waals surface area contributed by atoms with Crippen molar-refractivity contribution in [3.63, 3.8) is 0 Å². The summed E-state index contributed by atoms with van der Waals surface area (Å²) in [4.78, 5) is 1.84. The number of hydrogen-bond acceptors (Lipinski definition) is 2. The second-order valence-corrected chi connectivity index (χ2v) is 3.59. The molecule has 0 atom stereocenters. The molecule has 0 aliphatic rings. The lowest BCUT2D eigenvalue weighted by Crippen LogP contribution is -2.47. The SMILES string of the molecule is CCCN(C(=N)NC(=N)NC)c1ccccc1. The van der Waals surface area contributed by atoms with Crippen molar-refractivity contribution in [2.24, 2.45) is 0 Å². The molecule has 4 N–H and O–H groups in total. The van der Waals surface area contributed by atoms with Gasteiger partial charge in [-0.05, 0) is 18.6 Å². The van der Waals surface area contributed by atoms with Gasteiger partial charge >= 0.3 is 0 Å². The number of nitrogens with zero attached hydrogens (tertiary/aromatic N) is 1. The largest absolute Gasteiger partial charge is 0.359 e. The third-order valence-electron chi connectivity index (χ3n) is 2.28. The predicted octanol–water partition coefficient (Wildman–Crippen LogP) is 1.58. The molecule has 0 fully saturated rings. The van der Waals surface area contributed by atoms with Crippen molar-refractivity contribution in [2.75, 3.05) is 18.5 Å². The lowest BCUT2D eigenvalue weighted by Gasteiger charge is -2.25. The molecule has 0 radical (unpaired) electrons. The molecule has 0 aliphatic heterocycles. The molecule has 0 spiro atoms. The molecular formula is C12H19N5. The highest BCUT2D eigenvalue weighted by molar-refractivity contribution is 6.03. The first kappa shape index (κ1) is 13.0. The Balaban J connectivity index is 2.79. The van der Waals surface area contributed by atoms with Crippen LogP contribution >= 0.6 is 0 Å². The molecular weight excluding hydrogens is 214 g/mol. The lowest BCUT2D eigenvalue weighted by atomic mass is 10.3. The Morgan fingerprint density at radius 3 is 2.41 bits per heavy atom. The lowest BCUT2D eigenvalue weighted by molar-refractivity contribution is 0.879. The fourth-order valence-corrected chi connectivity index (χ4v) is 1.45. The van der Waals surface area contributed by atoms with Gasteiger partial charge in [0, 0.05) is 19.3 Å². The minimum absolute atomic E-state index is 0.118. The molecule has 1 aromatic carbocycles. The first-order chi connectivity index (χ1) is 8.19. The topological polar surface area (TPSA) is 75.0 Å². The van der Waals surface area contributed by atoms with Gasteiger partial charge in [0.2, 0.25) is 5.96 Å². The smallest absolute Gasteiger partial charge is 0.202 e. The van der Waals surface area contributed by atoms with Gasteiger partial charge in [-0.1, -0.05) is 25.1 Å². The summed E-state index contributed by atoms with van der Waals surface area (Å²) in [6, 6.07) is 9.73. The van der Waals surface area contributed by atoms with Crippen LogP contribution < -0.4 is 15.5 Å². The van der Waals surface area contributed by atoms with Gasteiger partial charge in [0.25, 0.3) is 0 Å². The van der Waals surface area contributed by atoms with Crippen molar-refractivity contribution in [1.29, 1.82) is 10.8 Å². The number of rotatable bonds is 3. The zero-order chi connectivity index (χ0) is 12.7. The van der Waals surface area contributed by atoms with E-state index in [-0.39, 0.29) is 11.9 Å². The standard InChI is InChI=1S/C12H19N5/c1-3-9-17(10-7-5-4-6-8-10)12(14)16-11(13)15-2/h4-8H,3,9H2,1-2H3,(H4,13,14,15,16). The van der Waals surface area contributed by atoms with Crippen LogP contribution in [0.5, 0.6) is 0 Å². The maximum atomic E-state index is 7.95. The van der Waals surface area contributed by atoms with Crippen LogP contribution in [0.3, 0.4) is 0 Å². The zero-order valence-corrected chi connectivity index (χ0v) is 10.2. The minimum atomic E-state index is 0.118. The Bertz CT molecular complexity index is 374. The van der Waals surface area contributed by atoms with E-state index in [1.165, 1.54) is 0 Å².